The molecule has 3 rings (SSSR count). The third-order valence-electron chi connectivity index (χ3n) is 4.26. The number of nitrogens with one attached hydrogen (secondary N) is 3. The Kier molecular flexibility index (Phi) is 7.74. The number of hydrogen-bond donors (Lipinski definition) is 3. The molecule has 0 bridgehead atoms. The molecule has 1 aliphatic rings. The van der Waals surface area contributed by atoms with Crippen LogP contribution in [0.2, 0.25) is 0 Å². The number of aliphatic imine (C=N–C) groups is 1. The van der Waals surface area contributed by atoms with Crippen LogP contribution in [0.1, 0.15) is 44.4 Å². The van der Waals surface area contributed by atoms with Crippen LogP contribution < -0.4 is 16.0 Å². The maximum atomic E-state index is 11.7. The van der Waals surface area contributed by atoms with Gasteiger partial charge in [-0.15, -0.1) is 24.0 Å². The number of furan rings is 1. The van der Waals surface area contributed by atoms with Gasteiger partial charge >= 0.3 is 0 Å². The summed E-state index contributed by atoms with van der Waals surface area (Å²) in [5.41, 5.74) is 0.885. The van der Waals surface area contributed by atoms with Gasteiger partial charge < -0.3 is 20.4 Å². The van der Waals surface area contributed by atoms with Crippen molar-refractivity contribution < 1.29 is 9.21 Å². The Hall–Kier alpha value is -1.77. The molecule has 1 unspecified atom stereocenters. The van der Waals surface area contributed by atoms with Crippen molar-refractivity contribution in [2.45, 2.75) is 44.7 Å². The van der Waals surface area contributed by atoms with Crippen molar-refractivity contribution in [1.82, 2.24) is 16.0 Å². The molecule has 0 aliphatic heterocycles. The number of guanidine groups is 1. The molecule has 0 radical (unpaired) electrons. The van der Waals surface area contributed by atoms with E-state index in [-0.39, 0.29) is 35.9 Å². The van der Waals surface area contributed by atoms with Crippen LogP contribution in [0.3, 0.4) is 0 Å². The van der Waals surface area contributed by atoms with Crippen LogP contribution in [0.5, 0.6) is 0 Å². The molecule has 1 amide bonds. The van der Waals surface area contributed by atoms with Crippen molar-refractivity contribution in [1.29, 1.82) is 0 Å². The summed E-state index contributed by atoms with van der Waals surface area (Å²) >= 11 is 0. The summed E-state index contributed by atoms with van der Waals surface area (Å²) < 4.78 is 5.88. The predicted molar refractivity (Wildman–Crippen MR) is 115 cm³/mol. The van der Waals surface area contributed by atoms with E-state index in [9.17, 15) is 4.79 Å². The summed E-state index contributed by atoms with van der Waals surface area (Å²) in [6.07, 6.45) is 3.57. The first-order chi connectivity index (χ1) is 12.2. The highest BCUT2D eigenvalue weighted by Crippen LogP contribution is 2.23. The van der Waals surface area contributed by atoms with E-state index >= 15 is 0 Å². The number of amides is 1. The normalized spacial score (nSPS) is 15.2. The van der Waals surface area contributed by atoms with Gasteiger partial charge in [0.15, 0.2) is 5.96 Å². The Morgan fingerprint density at radius 3 is 2.81 bits per heavy atom. The van der Waals surface area contributed by atoms with Crippen LogP contribution in [0.25, 0.3) is 11.0 Å². The zero-order valence-corrected chi connectivity index (χ0v) is 17.6. The van der Waals surface area contributed by atoms with Gasteiger partial charge in [-0.2, -0.15) is 0 Å². The van der Waals surface area contributed by atoms with Crippen molar-refractivity contribution >= 4 is 46.8 Å². The highest BCUT2D eigenvalue weighted by atomic mass is 127. The third-order valence-corrected chi connectivity index (χ3v) is 4.26. The van der Waals surface area contributed by atoms with Crippen LogP contribution in [0, 0.1) is 0 Å². The summed E-state index contributed by atoms with van der Waals surface area (Å²) in [7, 11) is 1.74. The molecule has 1 aromatic heterocycles. The molecule has 1 atom stereocenters. The van der Waals surface area contributed by atoms with Crippen molar-refractivity contribution in [3.63, 3.8) is 0 Å². The van der Waals surface area contributed by atoms with Gasteiger partial charge in [-0.3, -0.25) is 9.79 Å². The Morgan fingerprint density at radius 1 is 1.35 bits per heavy atom. The molecule has 7 heteroatoms. The number of carbonyl (C=O) groups excluding carboxylic acids is 1. The molecule has 3 N–H and O–H groups in total. The molecule has 2 aromatic rings. The van der Waals surface area contributed by atoms with Crippen LogP contribution >= 0.6 is 24.0 Å². The maximum Gasteiger partial charge on any atom is 0.220 e. The first kappa shape index (κ1) is 20.5. The lowest BCUT2D eigenvalue weighted by atomic mass is 10.2. The molecule has 1 aromatic carbocycles. The fraction of sp³-hybridized carbons (Fsp3) is 0.474. The van der Waals surface area contributed by atoms with E-state index in [1.54, 1.807) is 7.05 Å². The fourth-order valence-corrected chi connectivity index (χ4v) is 2.67. The minimum absolute atomic E-state index is 0. The third kappa shape index (κ3) is 5.89. The number of para-hydroxylation sites is 1. The molecule has 1 fully saturated rings. The number of nitrogens with zero attached hydrogens (tertiary/aromatic N) is 1. The average Bonchev–Trinajstić information content (AvgIpc) is 3.31. The lowest BCUT2D eigenvalue weighted by molar-refractivity contribution is -0.121. The topological polar surface area (TPSA) is 78.7 Å². The Bertz CT molecular complexity index is 722. The SMILES string of the molecule is CN=C(NCCCC(=O)NC1CC1)NC(C)c1cc2ccccc2o1.I. The predicted octanol–water partition coefficient (Wildman–Crippen LogP) is 3.34. The Balaban J connectivity index is 0.00000243. The molecule has 1 aliphatic carbocycles. The summed E-state index contributed by atoms with van der Waals surface area (Å²) in [6, 6.07) is 10.4. The molecule has 0 spiro atoms. The lowest BCUT2D eigenvalue weighted by Gasteiger charge is -2.16. The number of fused-ring (bicyclic) bond motifs is 1. The van der Waals surface area contributed by atoms with E-state index in [0.29, 0.717) is 25.0 Å². The van der Waals surface area contributed by atoms with Gasteiger partial charge in [-0.05, 0) is 38.3 Å². The van der Waals surface area contributed by atoms with E-state index in [2.05, 4.69) is 20.9 Å². The summed E-state index contributed by atoms with van der Waals surface area (Å²) in [5.74, 6) is 1.71. The number of carbonyl (C=O) groups is 1. The van der Waals surface area contributed by atoms with E-state index < -0.39 is 0 Å². The minimum Gasteiger partial charge on any atom is -0.459 e. The van der Waals surface area contributed by atoms with Gasteiger partial charge in [0, 0.05) is 31.4 Å². The highest BCUT2D eigenvalue weighted by molar-refractivity contribution is 14.0. The second-order valence-corrected chi connectivity index (χ2v) is 6.50. The number of benzene rings is 1. The maximum absolute atomic E-state index is 11.7. The summed E-state index contributed by atoms with van der Waals surface area (Å²) in [5, 5.41) is 10.7. The summed E-state index contributed by atoms with van der Waals surface area (Å²) in [6.45, 7) is 2.73. The number of halogens is 1. The first-order valence-electron chi connectivity index (χ1n) is 8.90. The molecule has 0 saturated heterocycles. The Morgan fingerprint density at radius 2 is 2.12 bits per heavy atom. The zero-order valence-electron chi connectivity index (χ0n) is 15.2. The lowest BCUT2D eigenvalue weighted by Crippen LogP contribution is -2.39. The smallest absolute Gasteiger partial charge is 0.220 e. The standard InChI is InChI=1S/C19H26N4O2.HI/c1-13(17-12-14-6-3-4-7-16(14)25-17)22-19(20-2)21-11-5-8-18(24)23-15-9-10-15;/h3-4,6-7,12-13,15H,5,8-11H2,1-2H3,(H,23,24)(H2,20,21,22);1H. The van der Waals surface area contributed by atoms with Crippen LogP contribution in [-0.4, -0.2) is 31.5 Å². The molecular formula is C19H27IN4O2. The fourth-order valence-electron chi connectivity index (χ4n) is 2.67. The molecule has 1 heterocycles. The second-order valence-electron chi connectivity index (χ2n) is 6.50. The largest absolute Gasteiger partial charge is 0.459 e. The van der Waals surface area contributed by atoms with E-state index in [1.807, 2.05) is 37.3 Å². The van der Waals surface area contributed by atoms with Gasteiger partial charge in [0.2, 0.25) is 5.91 Å². The average molecular weight is 470 g/mol. The number of rotatable bonds is 7. The molecule has 26 heavy (non-hydrogen) atoms. The van der Waals surface area contributed by atoms with Gasteiger partial charge in [0.05, 0.1) is 6.04 Å². The first-order valence-corrected chi connectivity index (χ1v) is 8.90. The van der Waals surface area contributed by atoms with Crippen molar-refractivity contribution in [2.24, 2.45) is 4.99 Å². The van der Waals surface area contributed by atoms with E-state index in [0.717, 1.165) is 36.0 Å². The van der Waals surface area contributed by atoms with Gasteiger partial charge in [-0.25, -0.2) is 0 Å². The zero-order chi connectivity index (χ0) is 17.6. The van der Waals surface area contributed by atoms with Crippen LogP contribution in [-0.2, 0) is 4.79 Å². The van der Waals surface area contributed by atoms with Crippen molar-refractivity contribution in [3.05, 3.63) is 36.1 Å². The summed E-state index contributed by atoms with van der Waals surface area (Å²) in [4.78, 5) is 15.9. The highest BCUT2D eigenvalue weighted by Gasteiger charge is 2.22. The van der Waals surface area contributed by atoms with Gasteiger partial charge in [0.25, 0.3) is 0 Å². The van der Waals surface area contributed by atoms with Crippen molar-refractivity contribution in [3.8, 4) is 0 Å². The van der Waals surface area contributed by atoms with Crippen molar-refractivity contribution in [2.75, 3.05) is 13.6 Å². The van der Waals surface area contributed by atoms with Gasteiger partial charge in [0.1, 0.15) is 11.3 Å². The monoisotopic (exact) mass is 470 g/mol. The molecule has 142 valence electrons. The minimum atomic E-state index is -0.00300. The van der Waals surface area contributed by atoms with E-state index in [4.69, 9.17) is 4.42 Å². The van der Waals surface area contributed by atoms with Crippen LogP contribution in [0.4, 0.5) is 0 Å². The van der Waals surface area contributed by atoms with E-state index in [1.165, 1.54) is 0 Å². The Labute approximate surface area is 171 Å². The van der Waals surface area contributed by atoms with Crippen LogP contribution in [0.15, 0.2) is 39.7 Å². The molecule has 6 nitrogen and oxygen atoms in total. The second kappa shape index (κ2) is 9.80. The molecular weight excluding hydrogens is 443 g/mol. The van der Waals surface area contributed by atoms with Gasteiger partial charge in [-0.1, -0.05) is 18.2 Å². The quantitative estimate of drug-likeness (QED) is 0.251. The molecule has 1 saturated carbocycles. The number of hydrogen-bond acceptors (Lipinski definition) is 3.